The predicted molar refractivity (Wildman–Crippen MR) is 210 cm³/mol. The highest BCUT2D eigenvalue weighted by Crippen LogP contribution is 2.39. The Balaban J connectivity index is 1.40. The van der Waals surface area contributed by atoms with Gasteiger partial charge in [0, 0.05) is 92.7 Å². The van der Waals surface area contributed by atoms with E-state index in [-0.39, 0.29) is 0 Å². The quantitative estimate of drug-likeness (QED) is 0.142. The molecule has 0 fully saturated rings. The van der Waals surface area contributed by atoms with Crippen LogP contribution in [-0.4, -0.2) is 42.3 Å². The van der Waals surface area contributed by atoms with E-state index in [9.17, 15) is 0 Å². The predicted octanol–water partition coefficient (Wildman–Crippen LogP) is 8.98. The van der Waals surface area contributed by atoms with E-state index in [4.69, 9.17) is 0 Å². The lowest BCUT2D eigenvalue weighted by Gasteiger charge is -2.15. The van der Waals surface area contributed by atoms with Gasteiger partial charge in [0.2, 0.25) is 0 Å². The molecule has 0 aliphatic rings. The molecule has 7 rings (SSSR count). The Morgan fingerprint density at radius 1 is 0.327 bits per heavy atom. The van der Waals surface area contributed by atoms with E-state index in [1.165, 1.54) is 16.2 Å². The summed E-state index contributed by atoms with van der Waals surface area (Å²) in [7, 11) is 12.3. The fraction of sp³-hybridized carbons (Fsp3) is 0.130. The Morgan fingerprint density at radius 2 is 0.673 bits per heavy atom. The minimum Gasteiger partial charge on any atom is -0.378 e. The standard InChI is InChI=1S/C46H37N3/c1-47(2)39-22-10-32(11-23-39)7-16-35-19-20-36-21-28-43-37(17-8-33-12-24-40(25-13-33)48(3)4)31-38(44-30-29-42(35)45(36)46(43)44)18-9-34-14-26-41(27-15-34)49(5)6/h10-15,19-31H,1-6H3. The van der Waals surface area contributed by atoms with Crippen molar-refractivity contribution in [2.45, 2.75) is 0 Å². The van der Waals surface area contributed by atoms with Gasteiger partial charge < -0.3 is 14.7 Å². The number of benzene rings is 7. The van der Waals surface area contributed by atoms with Crippen molar-refractivity contribution in [2.75, 3.05) is 57.0 Å². The summed E-state index contributed by atoms with van der Waals surface area (Å²) >= 11 is 0. The van der Waals surface area contributed by atoms with Crippen molar-refractivity contribution in [3.8, 4) is 35.5 Å². The van der Waals surface area contributed by atoms with Crippen molar-refractivity contribution >= 4 is 49.4 Å². The zero-order valence-electron chi connectivity index (χ0n) is 28.8. The summed E-state index contributed by atoms with van der Waals surface area (Å²) in [5, 5.41) is 6.93. The summed E-state index contributed by atoms with van der Waals surface area (Å²) in [4.78, 5) is 6.28. The zero-order valence-corrected chi connectivity index (χ0v) is 28.8. The van der Waals surface area contributed by atoms with E-state index in [0.29, 0.717) is 0 Å². The molecule has 0 N–H and O–H groups in total. The first-order valence-corrected chi connectivity index (χ1v) is 16.4. The summed E-state index contributed by atoms with van der Waals surface area (Å²) in [5.74, 6) is 20.8. The molecule has 0 saturated heterocycles. The molecule has 0 bridgehead atoms. The smallest absolute Gasteiger partial charge is 0.0361 e. The second-order valence-electron chi connectivity index (χ2n) is 12.9. The molecule has 0 aliphatic heterocycles. The van der Waals surface area contributed by atoms with Crippen LogP contribution in [0.25, 0.3) is 32.3 Å². The van der Waals surface area contributed by atoms with Gasteiger partial charge in [-0.3, -0.25) is 0 Å². The molecule has 0 aliphatic carbocycles. The average molecular weight is 632 g/mol. The molecule has 0 radical (unpaired) electrons. The van der Waals surface area contributed by atoms with Crippen LogP contribution in [0.15, 0.2) is 115 Å². The van der Waals surface area contributed by atoms with Crippen molar-refractivity contribution < 1.29 is 0 Å². The lowest BCUT2D eigenvalue weighted by atomic mass is 9.88. The molecule has 0 heterocycles. The fourth-order valence-electron chi connectivity index (χ4n) is 6.16. The maximum atomic E-state index is 3.53. The van der Waals surface area contributed by atoms with E-state index >= 15 is 0 Å². The fourth-order valence-corrected chi connectivity index (χ4v) is 6.16. The molecule has 49 heavy (non-hydrogen) atoms. The van der Waals surface area contributed by atoms with Crippen LogP contribution in [0.5, 0.6) is 0 Å². The third-order valence-corrected chi connectivity index (χ3v) is 8.96. The Labute approximate surface area is 289 Å². The van der Waals surface area contributed by atoms with Crippen molar-refractivity contribution in [1.29, 1.82) is 0 Å². The lowest BCUT2D eigenvalue weighted by molar-refractivity contribution is 1.13. The average Bonchev–Trinajstić information content (AvgIpc) is 3.12. The van der Waals surface area contributed by atoms with E-state index in [1.807, 2.05) is 42.3 Å². The van der Waals surface area contributed by atoms with Gasteiger partial charge in [-0.05, 0) is 117 Å². The van der Waals surface area contributed by atoms with Crippen LogP contribution in [0.1, 0.15) is 33.4 Å². The molecule has 0 aromatic heterocycles. The van der Waals surface area contributed by atoms with Crippen molar-refractivity contribution in [2.24, 2.45) is 0 Å². The second kappa shape index (κ2) is 13.0. The molecule has 0 atom stereocenters. The molecule has 7 aromatic carbocycles. The molecule has 0 spiro atoms. The largest absolute Gasteiger partial charge is 0.378 e. The minimum atomic E-state index is 0.961. The highest BCUT2D eigenvalue weighted by atomic mass is 15.1. The molecule has 0 saturated carbocycles. The molecule has 7 aromatic rings. The summed E-state index contributed by atoms with van der Waals surface area (Å²) in [5.41, 5.74) is 9.31. The van der Waals surface area contributed by atoms with Crippen LogP contribution in [-0.2, 0) is 0 Å². The van der Waals surface area contributed by atoms with Gasteiger partial charge in [0.05, 0.1) is 0 Å². The summed E-state index contributed by atoms with van der Waals surface area (Å²) in [6.07, 6.45) is 0. The third-order valence-electron chi connectivity index (χ3n) is 8.96. The lowest BCUT2D eigenvalue weighted by Crippen LogP contribution is -2.07. The number of hydrogen-bond donors (Lipinski definition) is 0. The molecule has 236 valence electrons. The minimum absolute atomic E-state index is 0.961. The summed E-state index contributed by atoms with van der Waals surface area (Å²) in [6, 6.07) is 40.4. The van der Waals surface area contributed by atoms with Gasteiger partial charge in [-0.1, -0.05) is 65.9 Å². The van der Waals surface area contributed by atoms with Gasteiger partial charge in [-0.25, -0.2) is 0 Å². The van der Waals surface area contributed by atoms with Crippen molar-refractivity contribution in [3.63, 3.8) is 0 Å². The highest BCUT2D eigenvalue weighted by molar-refractivity contribution is 6.25. The van der Waals surface area contributed by atoms with Gasteiger partial charge in [-0.2, -0.15) is 0 Å². The number of nitrogens with zero attached hydrogens (tertiary/aromatic N) is 3. The van der Waals surface area contributed by atoms with E-state index < -0.39 is 0 Å². The van der Waals surface area contributed by atoms with Gasteiger partial charge in [0.25, 0.3) is 0 Å². The number of anilines is 3. The van der Waals surface area contributed by atoms with Crippen molar-refractivity contribution in [3.05, 3.63) is 149 Å². The van der Waals surface area contributed by atoms with Crippen LogP contribution in [0, 0.1) is 35.5 Å². The monoisotopic (exact) mass is 631 g/mol. The number of hydrogen-bond acceptors (Lipinski definition) is 3. The van der Waals surface area contributed by atoms with Crippen LogP contribution < -0.4 is 14.7 Å². The summed E-state index contributed by atoms with van der Waals surface area (Å²) < 4.78 is 0. The molecular weight excluding hydrogens is 595 g/mol. The normalized spacial score (nSPS) is 10.6. The first-order valence-electron chi connectivity index (χ1n) is 16.4. The third kappa shape index (κ3) is 6.34. The van der Waals surface area contributed by atoms with Gasteiger partial charge in [0.15, 0.2) is 0 Å². The van der Waals surface area contributed by atoms with E-state index in [2.05, 4.69) is 165 Å². The zero-order chi connectivity index (χ0) is 34.1. The molecule has 0 amide bonds. The van der Waals surface area contributed by atoms with Crippen molar-refractivity contribution in [1.82, 2.24) is 0 Å². The maximum absolute atomic E-state index is 3.53. The Kier molecular flexibility index (Phi) is 8.32. The molecule has 3 nitrogen and oxygen atoms in total. The molecule has 3 heteroatoms. The van der Waals surface area contributed by atoms with Gasteiger partial charge in [-0.15, -0.1) is 0 Å². The Hall–Kier alpha value is -6.34. The SMILES string of the molecule is CN(C)c1ccc(C#Cc2ccc3ccc4c(C#Cc5ccc(N(C)C)cc5)cc(C#Cc5ccc(N(C)C)cc5)c5ccc2c3c45)cc1. The first kappa shape index (κ1) is 31.3. The van der Waals surface area contributed by atoms with Crippen LogP contribution in [0.4, 0.5) is 17.1 Å². The first-order chi connectivity index (χ1) is 23.7. The number of rotatable bonds is 3. The Morgan fingerprint density at radius 3 is 1.08 bits per heavy atom. The van der Waals surface area contributed by atoms with Crippen LogP contribution >= 0.6 is 0 Å². The maximum Gasteiger partial charge on any atom is 0.0361 e. The van der Waals surface area contributed by atoms with Gasteiger partial charge >= 0.3 is 0 Å². The second-order valence-corrected chi connectivity index (χ2v) is 12.9. The topological polar surface area (TPSA) is 9.72 Å². The van der Waals surface area contributed by atoms with E-state index in [0.717, 1.165) is 66.6 Å². The Bertz CT molecular complexity index is 2410. The van der Waals surface area contributed by atoms with E-state index in [1.54, 1.807) is 0 Å². The summed E-state index contributed by atoms with van der Waals surface area (Å²) in [6.45, 7) is 0. The van der Waals surface area contributed by atoms with Crippen LogP contribution in [0.3, 0.4) is 0 Å². The molecular formula is C46H37N3. The van der Waals surface area contributed by atoms with Crippen LogP contribution in [0.2, 0.25) is 0 Å². The molecule has 0 unspecified atom stereocenters. The highest BCUT2D eigenvalue weighted by Gasteiger charge is 2.15. The van der Waals surface area contributed by atoms with Gasteiger partial charge in [0.1, 0.15) is 0 Å².